The first-order valence-corrected chi connectivity index (χ1v) is 6.14. The summed E-state index contributed by atoms with van der Waals surface area (Å²) in [6.07, 6.45) is 3.79. The van der Waals surface area contributed by atoms with Crippen LogP contribution in [0.25, 0.3) is 0 Å². The van der Waals surface area contributed by atoms with Gasteiger partial charge in [-0.1, -0.05) is 13.8 Å². The van der Waals surface area contributed by atoms with Crippen molar-refractivity contribution < 1.29 is 9.53 Å². The normalized spacial score (nSPS) is 19.1. The molecule has 1 aliphatic heterocycles. The van der Waals surface area contributed by atoms with E-state index in [4.69, 9.17) is 4.74 Å². The summed E-state index contributed by atoms with van der Waals surface area (Å²) in [5.41, 5.74) is 0. The summed E-state index contributed by atoms with van der Waals surface area (Å²) in [6, 6.07) is 0. The number of hydrogen-bond donors (Lipinski definition) is 0. The van der Waals surface area contributed by atoms with Crippen molar-refractivity contribution in [2.75, 3.05) is 26.2 Å². The van der Waals surface area contributed by atoms with Crippen LogP contribution in [-0.2, 0) is 9.53 Å². The minimum Gasteiger partial charge on any atom is -0.465 e. The Bertz CT molecular complexity index is 186. The van der Waals surface area contributed by atoms with Crippen molar-refractivity contribution in [2.24, 2.45) is 5.92 Å². The van der Waals surface area contributed by atoms with Gasteiger partial charge in [-0.2, -0.15) is 0 Å². The molecule has 1 saturated heterocycles. The summed E-state index contributed by atoms with van der Waals surface area (Å²) in [7, 11) is 0. The van der Waals surface area contributed by atoms with Crippen LogP contribution in [0.2, 0.25) is 0 Å². The standard InChI is InChI=1S/C12H23NO2/c1-3-5-12(14)15-10-11-6-8-13(4-2)9-7-11/h11H,3-10H2,1-2H3. The van der Waals surface area contributed by atoms with Crippen LogP contribution in [-0.4, -0.2) is 37.1 Å². The predicted octanol–water partition coefficient (Wildman–Crippen LogP) is 2.06. The van der Waals surface area contributed by atoms with E-state index in [1.54, 1.807) is 0 Å². The number of rotatable bonds is 5. The Morgan fingerprint density at radius 3 is 2.53 bits per heavy atom. The molecule has 0 aromatic rings. The summed E-state index contributed by atoms with van der Waals surface area (Å²) in [5, 5.41) is 0. The fourth-order valence-corrected chi connectivity index (χ4v) is 1.96. The van der Waals surface area contributed by atoms with Crippen molar-refractivity contribution in [3.8, 4) is 0 Å². The predicted molar refractivity (Wildman–Crippen MR) is 60.7 cm³/mol. The molecule has 1 fully saturated rings. The van der Waals surface area contributed by atoms with E-state index < -0.39 is 0 Å². The first kappa shape index (κ1) is 12.5. The lowest BCUT2D eigenvalue weighted by atomic mass is 9.98. The van der Waals surface area contributed by atoms with E-state index in [9.17, 15) is 4.79 Å². The van der Waals surface area contributed by atoms with Crippen molar-refractivity contribution in [3.63, 3.8) is 0 Å². The topological polar surface area (TPSA) is 29.5 Å². The quantitative estimate of drug-likeness (QED) is 0.655. The highest BCUT2D eigenvalue weighted by atomic mass is 16.5. The third kappa shape index (κ3) is 4.65. The number of piperidine rings is 1. The highest BCUT2D eigenvalue weighted by molar-refractivity contribution is 5.69. The van der Waals surface area contributed by atoms with Gasteiger partial charge in [0.2, 0.25) is 0 Å². The van der Waals surface area contributed by atoms with Crippen molar-refractivity contribution >= 4 is 5.97 Å². The minimum atomic E-state index is -0.0320. The number of likely N-dealkylation sites (tertiary alicyclic amines) is 1. The average Bonchev–Trinajstić information content (AvgIpc) is 2.27. The fraction of sp³-hybridized carbons (Fsp3) is 0.917. The second kappa shape index (κ2) is 6.83. The second-order valence-electron chi connectivity index (χ2n) is 4.31. The van der Waals surface area contributed by atoms with E-state index in [1.807, 2.05) is 6.92 Å². The molecule has 0 aromatic carbocycles. The number of carbonyl (C=O) groups excluding carboxylic acids is 1. The van der Waals surface area contributed by atoms with Gasteiger partial charge in [-0.25, -0.2) is 0 Å². The highest BCUT2D eigenvalue weighted by Gasteiger charge is 2.19. The van der Waals surface area contributed by atoms with E-state index in [-0.39, 0.29) is 5.97 Å². The van der Waals surface area contributed by atoms with Crippen LogP contribution in [0, 0.1) is 5.92 Å². The lowest BCUT2D eigenvalue weighted by Crippen LogP contribution is -2.35. The van der Waals surface area contributed by atoms with Crippen LogP contribution in [0.4, 0.5) is 0 Å². The molecule has 0 amide bonds. The van der Waals surface area contributed by atoms with Gasteiger partial charge in [0.15, 0.2) is 0 Å². The number of hydrogen-bond acceptors (Lipinski definition) is 3. The van der Waals surface area contributed by atoms with Crippen LogP contribution in [0.1, 0.15) is 39.5 Å². The molecular formula is C12H23NO2. The summed E-state index contributed by atoms with van der Waals surface area (Å²) in [6.45, 7) is 8.29. The molecule has 0 spiro atoms. The van der Waals surface area contributed by atoms with Gasteiger partial charge in [-0.05, 0) is 44.8 Å². The van der Waals surface area contributed by atoms with Crippen molar-refractivity contribution in [2.45, 2.75) is 39.5 Å². The van der Waals surface area contributed by atoms with E-state index in [0.29, 0.717) is 18.9 Å². The smallest absolute Gasteiger partial charge is 0.305 e. The summed E-state index contributed by atoms with van der Waals surface area (Å²) in [4.78, 5) is 13.6. The number of esters is 1. The molecule has 0 aliphatic carbocycles. The Kier molecular flexibility index (Phi) is 5.69. The lowest BCUT2D eigenvalue weighted by Gasteiger charge is -2.30. The Balaban J connectivity index is 2.10. The first-order valence-electron chi connectivity index (χ1n) is 6.14. The summed E-state index contributed by atoms with van der Waals surface area (Å²) in [5.74, 6) is 0.559. The maximum Gasteiger partial charge on any atom is 0.305 e. The largest absolute Gasteiger partial charge is 0.465 e. The SMILES string of the molecule is CCCC(=O)OCC1CCN(CC)CC1. The van der Waals surface area contributed by atoms with Crippen molar-refractivity contribution in [1.82, 2.24) is 4.90 Å². The van der Waals surface area contributed by atoms with Crippen LogP contribution in [0.3, 0.4) is 0 Å². The van der Waals surface area contributed by atoms with E-state index in [2.05, 4.69) is 11.8 Å². The van der Waals surface area contributed by atoms with Gasteiger partial charge >= 0.3 is 5.97 Å². The molecule has 88 valence electrons. The lowest BCUT2D eigenvalue weighted by molar-refractivity contribution is -0.145. The highest BCUT2D eigenvalue weighted by Crippen LogP contribution is 2.17. The summed E-state index contributed by atoms with van der Waals surface area (Å²) < 4.78 is 5.23. The van der Waals surface area contributed by atoms with Gasteiger partial charge in [-0.15, -0.1) is 0 Å². The molecule has 0 saturated carbocycles. The zero-order chi connectivity index (χ0) is 11.1. The van der Waals surface area contributed by atoms with Crippen molar-refractivity contribution in [3.05, 3.63) is 0 Å². The molecule has 0 N–H and O–H groups in total. The van der Waals surface area contributed by atoms with E-state index in [1.165, 1.54) is 12.8 Å². The van der Waals surface area contributed by atoms with Crippen LogP contribution >= 0.6 is 0 Å². The van der Waals surface area contributed by atoms with Gasteiger partial charge < -0.3 is 9.64 Å². The molecule has 0 radical (unpaired) electrons. The summed E-state index contributed by atoms with van der Waals surface area (Å²) >= 11 is 0. The Labute approximate surface area is 92.8 Å². The maximum atomic E-state index is 11.2. The zero-order valence-electron chi connectivity index (χ0n) is 10.00. The fourth-order valence-electron chi connectivity index (χ4n) is 1.96. The Morgan fingerprint density at radius 1 is 1.33 bits per heavy atom. The molecule has 15 heavy (non-hydrogen) atoms. The third-order valence-electron chi connectivity index (χ3n) is 3.09. The van der Waals surface area contributed by atoms with Crippen LogP contribution < -0.4 is 0 Å². The molecule has 0 bridgehead atoms. The molecule has 1 heterocycles. The minimum absolute atomic E-state index is 0.0320. The first-order chi connectivity index (χ1) is 7.26. The van der Waals surface area contributed by atoms with E-state index in [0.717, 1.165) is 26.1 Å². The molecule has 0 aromatic heterocycles. The number of nitrogens with zero attached hydrogens (tertiary/aromatic N) is 1. The van der Waals surface area contributed by atoms with Gasteiger partial charge in [0.1, 0.15) is 0 Å². The molecular weight excluding hydrogens is 190 g/mol. The second-order valence-corrected chi connectivity index (χ2v) is 4.31. The van der Waals surface area contributed by atoms with Gasteiger partial charge in [0, 0.05) is 6.42 Å². The van der Waals surface area contributed by atoms with Crippen LogP contribution in [0.5, 0.6) is 0 Å². The Morgan fingerprint density at radius 2 is 2.00 bits per heavy atom. The number of carbonyl (C=O) groups is 1. The van der Waals surface area contributed by atoms with Gasteiger partial charge in [-0.3, -0.25) is 4.79 Å². The number of ether oxygens (including phenoxy) is 1. The average molecular weight is 213 g/mol. The molecule has 3 heteroatoms. The van der Waals surface area contributed by atoms with Gasteiger partial charge in [0.25, 0.3) is 0 Å². The molecule has 0 unspecified atom stereocenters. The zero-order valence-corrected chi connectivity index (χ0v) is 10.00. The monoisotopic (exact) mass is 213 g/mol. The molecule has 0 atom stereocenters. The molecule has 1 aliphatic rings. The van der Waals surface area contributed by atoms with Crippen LogP contribution in [0.15, 0.2) is 0 Å². The van der Waals surface area contributed by atoms with Crippen molar-refractivity contribution in [1.29, 1.82) is 0 Å². The maximum absolute atomic E-state index is 11.2. The van der Waals surface area contributed by atoms with E-state index >= 15 is 0 Å². The molecule has 1 rings (SSSR count). The van der Waals surface area contributed by atoms with Gasteiger partial charge in [0.05, 0.1) is 6.61 Å². The Hall–Kier alpha value is -0.570. The molecule has 3 nitrogen and oxygen atoms in total. The third-order valence-corrected chi connectivity index (χ3v) is 3.09.